The Labute approximate surface area is 345 Å². The summed E-state index contributed by atoms with van der Waals surface area (Å²) in [7, 11) is 8.82. The Morgan fingerprint density at radius 1 is 1.25 bits per heavy atom. The first-order valence-corrected chi connectivity index (χ1v) is 21.3. The van der Waals surface area contributed by atoms with E-state index in [0.717, 1.165) is 16.2 Å². The van der Waals surface area contributed by atoms with Gasteiger partial charge in [0.25, 0.3) is 0 Å². The summed E-state index contributed by atoms with van der Waals surface area (Å²) in [6.07, 6.45) is 2.93. The van der Waals surface area contributed by atoms with Gasteiger partial charge < -0.3 is 38.6 Å². The van der Waals surface area contributed by atoms with Gasteiger partial charge in [0, 0.05) is 45.5 Å². The summed E-state index contributed by atoms with van der Waals surface area (Å²) in [5, 5.41) is 16.5. The molecular formula is C40H49ClN4O10S2. The van der Waals surface area contributed by atoms with Crippen LogP contribution in [0.15, 0.2) is 65.4 Å². The first kappa shape index (κ1) is 42.8. The van der Waals surface area contributed by atoms with E-state index in [1.807, 2.05) is 38.1 Å². The minimum absolute atomic E-state index is 0.122. The molecule has 2 aromatic rings. The number of fused-ring (bicyclic) bond motifs is 4. The molecule has 9 atom stereocenters. The van der Waals surface area contributed by atoms with E-state index in [2.05, 4.69) is 10.3 Å². The van der Waals surface area contributed by atoms with Gasteiger partial charge in [-0.05, 0) is 67.8 Å². The van der Waals surface area contributed by atoms with Crippen LogP contribution in [0.3, 0.4) is 0 Å². The second-order valence-electron chi connectivity index (χ2n) is 15.1. The number of nitrogens with one attached hydrogen (secondary N) is 1. The van der Waals surface area contributed by atoms with Crippen molar-refractivity contribution in [3.8, 4) is 5.75 Å². The van der Waals surface area contributed by atoms with Crippen LogP contribution in [-0.2, 0) is 39.8 Å². The van der Waals surface area contributed by atoms with Crippen molar-refractivity contribution in [3.63, 3.8) is 0 Å². The van der Waals surface area contributed by atoms with E-state index >= 15 is 0 Å². The molecule has 1 aliphatic carbocycles. The fourth-order valence-corrected chi connectivity index (χ4v) is 10.5. The second-order valence-corrected chi connectivity index (χ2v) is 17.9. The standard InChI is InChI=1S/C40H49ClN4O10S2/c1-22-12-11-13-28(52-8)40(50)34-33(53-37(49)43-40)23(2)35-38(4,54-35)39(34,21-31(47)45(6)26-19-25(18-22)20-27(51-7)32(26)41)55-36(48)24(3)44(5)30(46)15-17-56-57-29-14-9-10-16-42-29/h9-14,16,19-20,23-24,28,33-35,50H,15,17-18,21H2,1-8H3,(H,43,49)/b13-11+,22-12+/t23-,24+,28-,33-,34?,35+,38-,39-,40-/m1/s1. The van der Waals surface area contributed by atoms with Crippen molar-refractivity contribution in [1.29, 1.82) is 0 Å². The molecule has 2 N–H and O–H groups in total. The van der Waals surface area contributed by atoms with Crippen LogP contribution < -0.4 is 15.0 Å². The van der Waals surface area contributed by atoms with Crippen molar-refractivity contribution >= 4 is 62.8 Å². The van der Waals surface area contributed by atoms with E-state index < -0.39 is 77.5 Å². The van der Waals surface area contributed by atoms with Gasteiger partial charge in [-0.15, -0.1) is 0 Å². The van der Waals surface area contributed by atoms with Crippen molar-refractivity contribution in [1.82, 2.24) is 15.2 Å². The lowest BCUT2D eigenvalue weighted by Crippen LogP contribution is -2.79. The Hall–Kier alpha value is -3.80. The number of ether oxygens (including phenoxy) is 5. The molecule has 0 spiro atoms. The summed E-state index contributed by atoms with van der Waals surface area (Å²) in [4.78, 5) is 63.1. The molecule has 2 bridgehead atoms. The molecule has 57 heavy (non-hydrogen) atoms. The summed E-state index contributed by atoms with van der Waals surface area (Å²) in [6, 6.07) is 8.02. The summed E-state index contributed by atoms with van der Waals surface area (Å²) in [6.45, 7) is 6.98. The molecule has 6 rings (SSSR count). The normalized spacial score (nSPS) is 32.7. The van der Waals surface area contributed by atoms with Gasteiger partial charge >= 0.3 is 12.1 Å². The van der Waals surface area contributed by atoms with Gasteiger partial charge in [-0.2, -0.15) is 0 Å². The molecule has 14 nitrogen and oxygen atoms in total. The molecule has 1 aromatic carbocycles. The number of methoxy groups -OCH3 is 2. The maximum atomic E-state index is 14.8. The van der Waals surface area contributed by atoms with Crippen LogP contribution in [0.2, 0.25) is 5.02 Å². The van der Waals surface area contributed by atoms with Crippen LogP contribution in [0.4, 0.5) is 10.5 Å². The molecule has 2 saturated heterocycles. The highest BCUT2D eigenvalue weighted by molar-refractivity contribution is 8.76. The maximum Gasteiger partial charge on any atom is 0.409 e. The van der Waals surface area contributed by atoms with Crippen molar-refractivity contribution in [3.05, 3.63) is 70.9 Å². The molecule has 3 amide bonds. The number of nitrogens with zero attached hydrogens (tertiary/aromatic N) is 3. The number of alkyl carbamates (subject to hydrolysis) is 1. The van der Waals surface area contributed by atoms with Crippen LogP contribution >= 0.6 is 33.2 Å². The third-order valence-electron chi connectivity index (χ3n) is 11.6. The minimum atomic E-state index is -2.31. The highest BCUT2D eigenvalue weighted by atomic mass is 35.5. The van der Waals surface area contributed by atoms with Gasteiger partial charge in [0.2, 0.25) is 11.8 Å². The Bertz CT molecular complexity index is 1960. The lowest BCUT2D eigenvalue weighted by atomic mass is 9.57. The third kappa shape index (κ3) is 8.00. The van der Waals surface area contributed by atoms with Gasteiger partial charge in [0.1, 0.15) is 39.6 Å². The number of hydrogen-bond donors (Lipinski definition) is 2. The van der Waals surface area contributed by atoms with Crippen molar-refractivity contribution < 1.29 is 48.0 Å². The first-order chi connectivity index (χ1) is 27.0. The molecule has 1 aromatic heterocycles. The zero-order chi connectivity index (χ0) is 41.4. The number of hydrogen-bond acceptors (Lipinski definition) is 13. The van der Waals surface area contributed by atoms with Gasteiger partial charge in [0.15, 0.2) is 11.3 Å². The Balaban J connectivity index is 1.42. The van der Waals surface area contributed by atoms with E-state index in [4.69, 9.17) is 35.3 Å². The number of aromatic nitrogens is 1. The molecule has 1 unspecified atom stereocenters. The molecule has 3 fully saturated rings. The number of rotatable bonds is 10. The molecule has 0 radical (unpaired) electrons. The van der Waals surface area contributed by atoms with E-state index in [1.165, 1.54) is 59.6 Å². The Morgan fingerprint density at radius 3 is 2.68 bits per heavy atom. The zero-order valence-electron chi connectivity index (χ0n) is 33.1. The van der Waals surface area contributed by atoms with Gasteiger partial charge in [-0.25, -0.2) is 14.6 Å². The SMILES string of the molecule is COc1cc2cc(c1Cl)N(C)C(=O)C[C@@]1(OC(=O)[C@H](C)N(C)C(=O)CCSSc3ccccn3)C3[C@H](OC(=O)N[C@@]3(O)[C@H](OC)/C=C/C=C(\C)C2)[C@@H](C)[C@@H]2O[C@]21C. The maximum absolute atomic E-state index is 14.8. The quantitative estimate of drug-likeness (QED) is 0.136. The Morgan fingerprint density at radius 2 is 2.00 bits per heavy atom. The summed E-state index contributed by atoms with van der Waals surface area (Å²) >= 11 is 6.84. The molecule has 17 heteroatoms. The first-order valence-electron chi connectivity index (χ1n) is 18.6. The Kier molecular flexibility index (Phi) is 12.6. The predicted molar refractivity (Wildman–Crippen MR) is 216 cm³/mol. The number of likely N-dealkylation sites (N-methyl/N-ethyl adjacent to an activating group) is 1. The fourth-order valence-electron chi connectivity index (χ4n) is 8.30. The molecular weight excluding hydrogens is 796 g/mol. The predicted octanol–water partition coefficient (Wildman–Crippen LogP) is 5.35. The number of amides is 3. The largest absolute Gasteiger partial charge is 0.495 e. The summed E-state index contributed by atoms with van der Waals surface area (Å²) < 4.78 is 30.4. The van der Waals surface area contributed by atoms with Crippen molar-refractivity contribution in [2.24, 2.45) is 11.8 Å². The van der Waals surface area contributed by atoms with E-state index in [1.54, 1.807) is 44.5 Å². The van der Waals surface area contributed by atoms with Crippen LogP contribution in [-0.4, -0.2) is 114 Å². The van der Waals surface area contributed by atoms with Crippen LogP contribution in [0.25, 0.3) is 0 Å². The molecule has 4 heterocycles. The average Bonchev–Trinajstić information content (AvgIpc) is 3.90. The molecule has 4 aliphatic rings. The number of epoxide rings is 1. The van der Waals surface area contributed by atoms with Gasteiger partial charge in [0.05, 0.1) is 31.2 Å². The van der Waals surface area contributed by atoms with Crippen molar-refractivity contribution in [2.45, 2.75) is 93.3 Å². The van der Waals surface area contributed by atoms with Gasteiger partial charge in [-0.3, -0.25) is 14.9 Å². The van der Waals surface area contributed by atoms with E-state index in [-0.39, 0.29) is 17.4 Å². The number of allylic oxidation sites excluding steroid dienone is 3. The molecule has 1 saturated carbocycles. The van der Waals surface area contributed by atoms with E-state index in [0.29, 0.717) is 23.6 Å². The second kappa shape index (κ2) is 16.8. The number of aliphatic hydroxyl groups is 1. The molecule has 3 aliphatic heterocycles. The number of benzene rings is 1. The molecule has 308 valence electrons. The zero-order valence-corrected chi connectivity index (χ0v) is 35.5. The smallest absolute Gasteiger partial charge is 0.409 e. The number of halogens is 1. The van der Waals surface area contributed by atoms with Crippen LogP contribution in [0, 0.1) is 11.8 Å². The lowest BCUT2D eigenvalue weighted by Gasteiger charge is -2.58. The minimum Gasteiger partial charge on any atom is -0.495 e. The van der Waals surface area contributed by atoms with Gasteiger partial charge in [-0.1, -0.05) is 59.2 Å². The third-order valence-corrected chi connectivity index (χ3v) is 14.3. The van der Waals surface area contributed by atoms with E-state index in [9.17, 15) is 24.3 Å². The van der Waals surface area contributed by atoms with Crippen LogP contribution in [0.5, 0.6) is 5.75 Å². The van der Waals surface area contributed by atoms with Crippen molar-refractivity contribution in [2.75, 3.05) is 39.0 Å². The summed E-state index contributed by atoms with van der Waals surface area (Å²) in [5.74, 6) is -2.79. The number of carbonyl (C=O) groups is 4. The highest BCUT2D eigenvalue weighted by Crippen LogP contribution is 2.64. The number of esters is 1. The number of anilines is 1. The topological polar surface area (TPSA) is 169 Å². The van der Waals surface area contributed by atoms with Crippen LogP contribution in [0.1, 0.15) is 46.1 Å². The summed E-state index contributed by atoms with van der Waals surface area (Å²) in [5.41, 5.74) is -3.65. The highest BCUT2D eigenvalue weighted by Gasteiger charge is 2.83. The number of carbonyl (C=O) groups excluding carboxylic acids is 4. The average molecular weight is 845 g/mol. The lowest BCUT2D eigenvalue weighted by molar-refractivity contribution is -0.265. The fraction of sp³-hybridized carbons (Fsp3) is 0.525. The number of pyridine rings is 1. The monoisotopic (exact) mass is 844 g/mol.